The normalized spacial score (nSPS) is 11.9. The third-order valence-electron chi connectivity index (χ3n) is 2.37. The van der Waals surface area contributed by atoms with Gasteiger partial charge in [-0.05, 0) is 18.6 Å². The fraction of sp³-hybridized carbons (Fsp3) is 0.455. The highest BCUT2D eigenvalue weighted by Gasteiger charge is 2.19. The summed E-state index contributed by atoms with van der Waals surface area (Å²) in [5.74, 6) is -1.03. The van der Waals surface area contributed by atoms with Gasteiger partial charge in [-0.15, -0.1) is 11.3 Å². The molecule has 0 aliphatic rings. The second-order valence-electron chi connectivity index (χ2n) is 3.81. The highest BCUT2D eigenvalue weighted by molar-refractivity contribution is 7.16. The Hall–Kier alpha value is -1.27. The number of amides is 2. The number of halogens is 1. The molecule has 1 aromatic rings. The van der Waals surface area contributed by atoms with Crippen LogP contribution >= 0.6 is 22.9 Å². The van der Waals surface area contributed by atoms with Gasteiger partial charge in [-0.3, -0.25) is 0 Å². The van der Waals surface area contributed by atoms with E-state index in [9.17, 15) is 9.59 Å². The van der Waals surface area contributed by atoms with Gasteiger partial charge < -0.3 is 15.3 Å². The number of nitrogens with zero attached hydrogens (tertiary/aromatic N) is 1. The van der Waals surface area contributed by atoms with Crippen LogP contribution in [0.1, 0.15) is 18.2 Å². The van der Waals surface area contributed by atoms with Crippen LogP contribution < -0.4 is 5.32 Å². The van der Waals surface area contributed by atoms with Crippen LogP contribution in [0.25, 0.3) is 0 Å². The Kier molecular flexibility index (Phi) is 5.43. The molecule has 0 fully saturated rings. The lowest BCUT2D eigenvalue weighted by atomic mass is 10.2. The second kappa shape index (κ2) is 6.61. The molecule has 1 unspecified atom stereocenters. The summed E-state index contributed by atoms with van der Waals surface area (Å²) in [6.07, 6.45) is 0.347. The number of carbonyl (C=O) groups excluding carboxylic acids is 1. The third kappa shape index (κ3) is 4.19. The quantitative estimate of drug-likeness (QED) is 0.875. The molecule has 0 saturated heterocycles. The van der Waals surface area contributed by atoms with Crippen molar-refractivity contribution in [3.8, 4) is 0 Å². The molecular formula is C11H15ClN2O3S. The summed E-state index contributed by atoms with van der Waals surface area (Å²) in [4.78, 5) is 24.9. The average Bonchev–Trinajstić information content (AvgIpc) is 2.70. The van der Waals surface area contributed by atoms with Crippen molar-refractivity contribution < 1.29 is 14.7 Å². The molecule has 0 radical (unpaired) electrons. The summed E-state index contributed by atoms with van der Waals surface area (Å²) in [6, 6.07) is 2.34. The molecular weight excluding hydrogens is 276 g/mol. The molecule has 0 aliphatic heterocycles. The lowest BCUT2D eigenvalue weighted by Crippen LogP contribution is -2.46. The molecule has 0 bridgehead atoms. The molecule has 2 N–H and O–H groups in total. The second-order valence-corrected chi connectivity index (χ2v) is 5.61. The summed E-state index contributed by atoms with van der Waals surface area (Å²) < 4.78 is 0.663. The monoisotopic (exact) mass is 290 g/mol. The van der Waals surface area contributed by atoms with E-state index in [1.807, 2.05) is 6.07 Å². The zero-order valence-corrected chi connectivity index (χ0v) is 11.7. The van der Waals surface area contributed by atoms with Crippen LogP contribution in [0.3, 0.4) is 0 Å². The molecule has 1 rings (SSSR count). The van der Waals surface area contributed by atoms with Gasteiger partial charge >= 0.3 is 12.0 Å². The van der Waals surface area contributed by atoms with E-state index in [0.717, 1.165) is 4.88 Å². The van der Waals surface area contributed by atoms with Gasteiger partial charge in [0, 0.05) is 11.9 Å². The van der Waals surface area contributed by atoms with Crippen molar-refractivity contribution in [3.63, 3.8) is 0 Å². The number of hydrogen-bond acceptors (Lipinski definition) is 3. The standard InChI is InChI=1S/C11H15ClN2O3S/c1-3-8(10(15)16)13-11(17)14(2)6-7-4-5-9(12)18-7/h4-5,8H,3,6H2,1-2H3,(H,13,17)(H,15,16). The van der Waals surface area contributed by atoms with Gasteiger partial charge in [0.15, 0.2) is 0 Å². The number of urea groups is 1. The summed E-state index contributed by atoms with van der Waals surface area (Å²) >= 11 is 7.19. The Morgan fingerprint density at radius 1 is 1.56 bits per heavy atom. The largest absolute Gasteiger partial charge is 0.480 e. The van der Waals surface area contributed by atoms with Crippen molar-refractivity contribution in [2.75, 3.05) is 7.05 Å². The lowest BCUT2D eigenvalue weighted by Gasteiger charge is -2.20. The zero-order valence-electron chi connectivity index (χ0n) is 10.1. The van der Waals surface area contributed by atoms with Crippen LogP contribution in [0.5, 0.6) is 0 Å². The number of aliphatic carboxylic acids is 1. The lowest BCUT2D eigenvalue weighted by molar-refractivity contribution is -0.139. The Morgan fingerprint density at radius 2 is 2.22 bits per heavy atom. The first-order chi connectivity index (χ1) is 8.43. The van der Waals surface area contributed by atoms with E-state index in [2.05, 4.69) is 5.32 Å². The van der Waals surface area contributed by atoms with Crippen LogP contribution in [-0.4, -0.2) is 35.1 Å². The Balaban J connectivity index is 2.53. The summed E-state index contributed by atoms with van der Waals surface area (Å²) in [7, 11) is 1.61. The molecule has 7 heteroatoms. The number of nitrogens with one attached hydrogen (secondary N) is 1. The Bertz CT molecular complexity index is 436. The third-order valence-corrected chi connectivity index (χ3v) is 3.59. The van der Waals surface area contributed by atoms with Crippen LogP contribution in [0.15, 0.2) is 12.1 Å². The van der Waals surface area contributed by atoms with E-state index in [1.54, 1.807) is 20.0 Å². The molecule has 1 aromatic heterocycles. The number of thiophene rings is 1. The fourth-order valence-electron chi connectivity index (χ4n) is 1.34. The van der Waals surface area contributed by atoms with Crippen LogP contribution in [-0.2, 0) is 11.3 Å². The van der Waals surface area contributed by atoms with E-state index < -0.39 is 18.0 Å². The minimum absolute atomic E-state index is 0.347. The number of rotatable bonds is 5. The highest BCUT2D eigenvalue weighted by atomic mass is 35.5. The Labute approximate surface area is 114 Å². The van der Waals surface area contributed by atoms with Gasteiger partial charge in [0.2, 0.25) is 0 Å². The van der Waals surface area contributed by atoms with Gasteiger partial charge in [0.05, 0.1) is 10.9 Å². The van der Waals surface area contributed by atoms with Gasteiger partial charge in [-0.1, -0.05) is 18.5 Å². The van der Waals surface area contributed by atoms with Gasteiger partial charge in [0.1, 0.15) is 6.04 Å². The first-order valence-electron chi connectivity index (χ1n) is 5.42. The van der Waals surface area contributed by atoms with Crippen LogP contribution in [0.2, 0.25) is 4.34 Å². The van der Waals surface area contributed by atoms with Crippen LogP contribution in [0, 0.1) is 0 Å². The topological polar surface area (TPSA) is 69.6 Å². The maximum absolute atomic E-state index is 11.8. The van der Waals surface area contributed by atoms with Crippen molar-refractivity contribution in [3.05, 3.63) is 21.3 Å². The predicted molar refractivity (Wildman–Crippen MR) is 71.0 cm³/mol. The van der Waals surface area contributed by atoms with Crippen molar-refractivity contribution in [1.29, 1.82) is 0 Å². The highest BCUT2D eigenvalue weighted by Crippen LogP contribution is 2.22. The fourth-order valence-corrected chi connectivity index (χ4v) is 2.48. The first kappa shape index (κ1) is 14.8. The molecule has 18 heavy (non-hydrogen) atoms. The van der Waals surface area contributed by atoms with E-state index in [-0.39, 0.29) is 0 Å². The SMILES string of the molecule is CCC(NC(=O)N(C)Cc1ccc(Cl)s1)C(=O)O. The maximum atomic E-state index is 11.8. The molecule has 2 amide bonds. The van der Waals surface area contributed by atoms with E-state index in [0.29, 0.717) is 17.3 Å². The smallest absolute Gasteiger partial charge is 0.326 e. The van der Waals surface area contributed by atoms with Crippen LogP contribution in [0.4, 0.5) is 4.79 Å². The van der Waals surface area contributed by atoms with Crippen molar-refractivity contribution in [1.82, 2.24) is 10.2 Å². The average molecular weight is 291 g/mol. The van der Waals surface area contributed by atoms with Crippen molar-refractivity contribution >= 4 is 34.9 Å². The van der Waals surface area contributed by atoms with Crippen molar-refractivity contribution in [2.45, 2.75) is 25.9 Å². The number of carboxylic acid groups (broad SMARTS) is 1. The first-order valence-corrected chi connectivity index (χ1v) is 6.62. The number of hydrogen-bond donors (Lipinski definition) is 2. The van der Waals surface area contributed by atoms with E-state index in [4.69, 9.17) is 16.7 Å². The van der Waals surface area contributed by atoms with Gasteiger partial charge in [-0.2, -0.15) is 0 Å². The summed E-state index contributed by atoms with van der Waals surface area (Å²) in [5, 5.41) is 11.3. The minimum atomic E-state index is -1.03. The van der Waals surface area contributed by atoms with Gasteiger partial charge in [-0.25, -0.2) is 9.59 Å². The number of carboxylic acids is 1. The van der Waals surface area contributed by atoms with Crippen molar-refractivity contribution in [2.24, 2.45) is 0 Å². The minimum Gasteiger partial charge on any atom is -0.480 e. The molecule has 0 spiro atoms. The molecule has 0 aliphatic carbocycles. The zero-order chi connectivity index (χ0) is 13.7. The summed E-state index contributed by atoms with van der Waals surface area (Å²) in [6.45, 7) is 2.11. The maximum Gasteiger partial charge on any atom is 0.326 e. The van der Waals surface area contributed by atoms with E-state index in [1.165, 1.54) is 16.2 Å². The molecule has 0 aromatic carbocycles. The van der Waals surface area contributed by atoms with Gasteiger partial charge in [0.25, 0.3) is 0 Å². The predicted octanol–water partition coefficient (Wildman–Crippen LogP) is 2.41. The molecule has 1 heterocycles. The summed E-state index contributed by atoms with van der Waals surface area (Å²) in [5.41, 5.74) is 0. The molecule has 0 saturated carbocycles. The molecule has 100 valence electrons. The molecule has 5 nitrogen and oxygen atoms in total. The number of carbonyl (C=O) groups is 2. The van der Waals surface area contributed by atoms with E-state index >= 15 is 0 Å². The molecule has 1 atom stereocenters. The Morgan fingerprint density at radius 3 is 2.67 bits per heavy atom.